The molecule has 0 atom stereocenters. The van der Waals surface area contributed by atoms with Gasteiger partial charge in [0.1, 0.15) is 17.2 Å². The number of furan rings is 1. The number of amides is 1. The van der Waals surface area contributed by atoms with Crippen LogP contribution in [0, 0.1) is 6.92 Å². The molecule has 3 aromatic heterocycles. The van der Waals surface area contributed by atoms with Gasteiger partial charge in [-0.3, -0.25) is 4.79 Å². The summed E-state index contributed by atoms with van der Waals surface area (Å²) >= 11 is 5.92. The van der Waals surface area contributed by atoms with Gasteiger partial charge < -0.3 is 14.1 Å². The van der Waals surface area contributed by atoms with E-state index in [0.717, 1.165) is 17.1 Å². The van der Waals surface area contributed by atoms with E-state index in [1.807, 2.05) is 35.7 Å². The molecule has 0 spiro atoms. The Bertz CT molecular complexity index is 848. The fraction of sp³-hybridized carbons (Fsp3) is 0.125. The van der Waals surface area contributed by atoms with E-state index < -0.39 is 0 Å². The number of imidazole rings is 1. The number of fused-ring (bicyclic) bond motifs is 1. The van der Waals surface area contributed by atoms with Crippen LogP contribution in [0.1, 0.15) is 17.2 Å². The topological polar surface area (TPSA) is 59.5 Å². The molecule has 0 aromatic carbocycles. The third-order valence-electron chi connectivity index (χ3n) is 3.07. The number of hydrogen-bond acceptors (Lipinski definition) is 3. The maximum absolute atomic E-state index is 11.8. The highest BCUT2D eigenvalue weighted by atomic mass is 35.5. The Hall–Kier alpha value is -2.53. The second-order valence-corrected chi connectivity index (χ2v) is 5.28. The van der Waals surface area contributed by atoms with Crippen molar-refractivity contribution in [2.45, 2.75) is 13.5 Å². The minimum atomic E-state index is -0.204. The number of rotatable bonds is 4. The third-order valence-corrected chi connectivity index (χ3v) is 3.29. The molecular weight excluding hydrogens is 302 g/mol. The lowest BCUT2D eigenvalue weighted by Gasteiger charge is -1.97. The number of nitrogens with zero attached hydrogens (tertiary/aromatic N) is 2. The van der Waals surface area contributed by atoms with Gasteiger partial charge in [-0.05, 0) is 37.3 Å². The Morgan fingerprint density at radius 2 is 2.23 bits per heavy atom. The summed E-state index contributed by atoms with van der Waals surface area (Å²) in [4.78, 5) is 16.2. The molecule has 3 heterocycles. The van der Waals surface area contributed by atoms with Crippen LogP contribution in [0.25, 0.3) is 11.7 Å². The van der Waals surface area contributed by atoms with Gasteiger partial charge in [0.2, 0.25) is 5.91 Å². The lowest BCUT2D eigenvalue weighted by molar-refractivity contribution is -0.116. The summed E-state index contributed by atoms with van der Waals surface area (Å²) < 4.78 is 7.18. The molecule has 0 saturated heterocycles. The van der Waals surface area contributed by atoms with Gasteiger partial charge in [-0.1, -0.05) is 11.6 Å². The quantitative estimate of drug-likeness (QED) is 0.752. The molecule has 0 aliphatic carbocycles. The van der Waals surface area contributed by atoms with Crippen molar-refractivity contribution in [1.29, 1.82) is 0 Å². The van der Waals surface area contributed by atoms with E-state index in [1.165, 1.54) is 6.08 Å². The molecule has 0 aliphatic heterocycles. The Labute approximate surface area is 132 Å². The van der Waals surface area contributed by atoms with Gasteiger partial charge in [0, 0.05) is 18.5 Å². The van der Waals surface area contributed by atoms with Gasteiger partial charge in [-0.25, -0.2) is 4.98 Å². The lowest BCUT2D eigenvalue weighted by atomic mass is 10.3. The smallest absolute Gasteiger partial charge is 0.244 e. The van der Waals surface area contributed by atoms with Crippen molar-refractivity contribution in [2.75, 3.05) is 0 Å². The Morgan fingerprint density at radius 3 is 3.00 bits per heavy atom. The van der Waals surface area contributed by atoms with Gasteiger partial charge >= 0.3 is 0 Å². The lowest BCUT2D eigenvalue weighted by Crippen LogP contribution is -2.20. The first-order chi connectivity index (χ1) is 10.6. The fourth-order valence-corrected chi connectivity index (χ4v) is 2.21. The minimum absolute atomic E-state index is 0.204. The van der Waals surface area contributed by atoms with Crippen LogP contribution in [0.5, 0.6) is 0 Å². The highest BCUT2D eigenvalue weighted by molar-refractivity contribution is 6.30. The van der Waals surface area contributed by atoms with Gasteiger partial charge in [-0.2, -0.15) is 0 Å². The second kappa shape index (κ2) is 6.07. The van der Waals surface area contributed by atoms with Crippen LogP contribution in [0.4, 0.5) is 0 Å². The van der Waals surface area contributed by atoms with E-state index in [-0.39, 0.29) is 5.91 Å². The van der Waals surface area contributed by atoms with Crippen molar-refractivity contribution in [3.8, 4) is 0 Å². The molecule has 0 bridgehead atoms. The summed E-state index contributed by atoms with van der Waals surface area (Å²) in [6.45, 7) is 2.20. The summed E-state index contributed by atoms with van der Waals surface area (Å²) in [5, 5.41) is 3.41. The number of halogens is 1. The number of pyridine rings is 1. The van der Waals surface area contributed by atoms with E-state index >= 15 is 0 Å². The van der Waals surface area contributed by atoms with Crippen LogP contribution in [0.15, 0.2) is 47.2 Å². The van der Waals surface area contributed by atoms with Crippen molar-refractivity contribution < 1.29 is 9.21 Å². The Kier molecular flexibility index (Phi) is 3.98. The molecule has 0 fully saturated rings. The average Bonchev–Trinajstić information content (AvgIpc) is 3.08. The standard InChI is InChI=1S/C16H14ClN3O2/c1-11-2-4-14(22-11)5-7-16(21)18-8-13-10-20-9-12(17)3-6-15(20)19-13/h2-7,9-10H,8H2,1H3,(H,18,21)/b7-5+. The first-order valence-electron chi connectivity index (χ1n) is 6.76. The zero-order valence-electron chi connectivity index (χ0n) is 11.9. The molecule has 1 N–H and O–H groups in total. The van der Waals surface area contributed by atoms with E-state index in [9.17, 15) is 4.79 Å². The molecule has 3 rings (SSSR count). The Morgan fingerprint density at radius 1 is 1.36 bits per heavy atom. The summed E-state index contributed by atoms with van der Waals surface area (Å²) in [6.07, 6.45) is 6.67. The SMILES string of the molecule is Cc1ccc(/C=C/C(=O)NCc2cn3cc(Cl)ccc3n2)o1. The zero-order chi connectivity index (χ0) is 15.5. The van der Waals surface area contributed by atoms with Gasteiger partial charge in [0.15, 0.2) is 0 Å². The molecule has 112 valence electrons. The molecule has 5 nitrogen and oxygen atoms in total. The van der Waals surface area contributed by atoms with Crippen LogP contribution < -0.4 is 5.32 Å². The second-order valence-electron chi connectivity index (χ2n) is 4.84. The number of aromatic nitrogens is 2. The fourth-order valence-electron chi connectivity index (χ4n) is 2.04. The molecule has 3 aromatic rings. The Balaban J connectivity index is 1.61. The van der Waals surface area contributed by atoms with Crippen molar-refractivity contribution in [1.82, 2.24) is 14.7 Å². The maximum atomic E-state index is 11.8. The third kappa shape index (κ3) is 3.38. The molecule has 6 heteroatoms. The highest BCUT2D eigenvalue weighted by Gasteiger charge is 2.03. The van der Waals surface area contributed by atoms with Crippen LogP contribution >= 0.6 is 11.6 Å². The van der Waals surface area contributed by atoms with E-state index in [4.69, 9.17) is 16.0 Å². The van der Waals surface area contributed by atoms with Crippen LogP contribution in [-0.4, -0.2) is 15.3 Å². The van der Waals surface area contributed by atoms with Crippen LogP contribution in [0.2, 0.25) is 5.02 Å². The van der Waals surface area contributed by atoms with Crippen LogP contribution in [-0.2, 0) is 11.3 Å². The largest absolute Gasteiger partial charge is 0.462 e. The van der Waals surface area contributed by atoms with Gasteiger partial charge in [0.25, 0.3) is 0 Å². The number of hydrogen-bond donors (Lipinski definition) is 1. The van der Waals surface area contributed by atoms with Crippen molar-refractivity contribution in [2.24, 2.45) is 0 Å². The molecule has 0 saturated carbocycles. The first-order valence-corrected chi connectivity index (χ1v) is 7.13. The molecule has 22 heavy (non-hydrogen) atoms. The number of nitrogens with one attached hydrogen (secondary N) is 1. The summed E-state index contributed by atoms with van der Waals surface area (Å²) in [6, 6.07) is 7.26. The van der Waals surface area contributed by atoms with E-state index in [0.29, 0.717) is 17.3 Å². The van der Waals surface area contributed by atoms with Crippen LogP contribution in [0.3, 0.4) is 0 Å². The number of carbonyl (C=O) groups excluding carboxylic acids is 1. The molecule has 0 aliphatic rings. The normalized spacial score (nSPS) is 11.4. The highest BCUT2D eigenvalue weighted by Crippen LogP contribution is 2.11. The first kappa shape index (κ1) is 14.4. The van der Waals surface area contributed by atoms with Gasteiger partial charge in [0.05, 0.1) is 17.3 Å². The molecule has 1 amide bonds. The van der Waals surface area contributed by atoms with E-state index in [2.05, 4.69) is 10.3 Å². The predicted octanol–water partition coefficient (Wildman–Crippen LogP) is 3.22. The summed E-state index contributed by atoms with van der Waals surface area (Å²) in [7, 11) is 0. The summed E-state index contributed by atoms with van der Waals surface area (Å²) in [5.41, 5.74) is 1.55. The number of carbonyl (C=O) groups is 1. The molecular formula is C16H14ClN3O2. The number of aryl methyl sites for hydroxylation is 1. The van der Waals surface area contributed by atoms with Gasteiger partial charge in [-0.15, -0.1) is 0 Å². The van der Waals surface area contributed by atoms with Crippen molar-refractivity contribution in [3.63, 3.8) is 0 Å². The van der Waals surface area contributed by atoms with Crippen molar-refractivity contribution >= 4 is 29.2 Å². The predicted molar refractivity (Wildman–Crippen MR) is 84.5 cm³/mol. The molecule has 0 unspecified atom stereocenters. The minimum Gasteiger partial charge on any atom is -0.462 e. The monoisotopic (exact) mass is 315 g/mol. The zero-order valence-corrected chi connectivity index (χ0v) is 12.7. The summed E-state index contributed by atoms with van der Waals surface area (Å²) in [5.74, 6) is 1.25. The maximum Gasteiger partial charge on any atom is 0.244 e. The molecule has 0 radical (unpaired) electrons. The average molecular weight is 316 g/mol. The van der Waals surface area contributed by atoms with E-state index in [1.54, 1.807) is 18.3 Å². The van der Waals surface area contributed by atoms with Crippen molar-refractivity contribution in [3.05, 3.63) is 65.0 Å².